The highest BCUT2D eigenvalue weighted by atomic mass is 35.5. The summed E-state index contributed by atoms with van der Waals surface area (Å²) >= 11 is 6.16. The summed E-state index contributed by atoms with van der Waals surface area (Å²) in [5.74, 6) is 1.40. The fourth-order valence-electron chi connectivity index (χ4n) is 5.58. The number of hydrogen-bond donors (Lipinski definition) is 4. The summed E-state index contributed by atoms with van der Waals surface area (Å²) in [7, 11) is 0. The third kappa shape index (κ3) is 5.58. The smallest absolute Gasteiger partial charge is 0.267 e. The summed E-state index contributed by atoms with van der Waals surface area (Å²) in [5.41, 5.74) is 9.96. The van der Waals surface area contributed by atoms with Crippen LogP contribution < -0.4 is 21.5 Å². The van der Waals surface area contributed by atoms with E-state index in [2.05, 4.69) is 16.0 Å². The topological polar surface area (TPSA) is 139 Å². The van der Waals surface area contributed by atoms with E-state index in [9.17, 15) is 9.90 Å². The predicted octanol–water partition coefficient (Wildman–Crippen LogP) is 2.14. The number of amides is 1. The van der Waals surface area contributed by atoms with Crippen molar-refractivity contribution < 1.29 is 20.4 Å². The van der Waals surface area contributed by atoms with Crippen LogP contribution in [0.2, 0.25) is 5.02 Å². The van der Waals surface area contributed by atoms with E-state index >= 15 is 0 Å². The maximum absolute atomic E-state index is 12.9. The number of benzene rings is 1. The van der Waals surface area contributed by atoms with Gasteiger partial charge in [0.1, 0.15) is 17.9 Å². The average molecular weight is 503 g/mol. The predicted molar refractivity (Wildman–Crippen MR) is 135 cm³/mol. The van der Waals surface area contributed by atoms with Gasteiger partial charge in [0.05, 0.1) is 16.3 Å². The van der Waals surface area contributed by atoms with Crippen molar-refractivity contribution in [3.8, 4) is 11.8 Å². The highest BCUT2D eigenvalue weighted by Gasteiger charge is 2.64. The summed E-state index contributed by atoms with van der Waals surface area (Å²) in [6.07, 6.45) is 5.02. The molecule has 0 radical (unpaired) electrons. The molecule has 190 valence electrons. The van der Waals surface area contributed by atoms with Crippen LogP contribution in [0.3, 0.4) is 0 Å². The molecule has 35 heavy (non-hydrogen) atoms. The van der Waals surface area contributed by atoms with Crippen LogP contribution in [-0.4, -0.2) is 47.8 Å². The van der Waals surface area contributed by atoms with Gasteiger partial charge >= 0.3 is 0 Å². The second-order valence-corrected chi connectivity index (χ2v) is 11.1. The van der Waals surface area contributed by atoms with E-state index in [1.165, 1.54) is 0 Å². The van der Waals surface area contributed by atoms with Crippen molar-refractivity contribution in [2.45, 2.75) is 52.7 Å². The van der Waals surface area contributed by atoms with Gasteiger partial charge in [-0.05, 0) is 37.0 Å². The normalized spacial score (nSPS) is 24.3. The van der Waals surface area contributed by atoms with Crippen LogP contribution in [0.15, 0.2) is 41.9 Å². The van der Waals surface area contributed by atoms with Crippen molar-refractivity contribution in [3.63, 3.8) is 0 Å². The Balaban J connectivity index is 1.63. The Kier molecular flexibility index (Phi) is 8.05. The Labute approximate surface area is 212 Å². The number of quaternary nitrogens is 1. The maximum atomic E-state index is 12.9. The molecule has 1 saturated heterocycles. The molecule has 0 spiro atoms. The minimum absolute atomic E-state index is 0.117. The van der Waals surface area contributed by atoms with Gasteiger partial charge in [0, 0.05) is 48.7 Å². The molecule has 3 rings (SSSR count). The number of carbonyl (C=O) groups excluding carboxylic acids is 1. The molecule has 1 aromatic carbocycles. The molecule has 2 fully saturated rings. The fourth-order valence-corrected chi connectivity index (χ4v) is 5.79. The lowest BCUT2D eigenvalue weighted by Crippen LogP contribution is -2.75. The van der Waals surface area contributed by atoms with Gasteiger partial charge < -0.3 is 31.5 Å². The number of carbonyl (C=O) groups is 1. The molecule has 9 heteroatoms. The van der Waals surface area contributed by atoms with Crippen LogP contribution in [0.4, 0.5) is 0 Å². The van der Waals surface area contributed by atoms with E-state index in [4.69, 9.17) is 27.3 Å². The number of allylic oxidation sites excluding steroid dienone is 2. The summed E-state index contributed by atoms with van der Waals surface area (Å²) in [4.78, 5) is 15.0. The number of nitriles is 1. The summed E-state index contributed by atoms with van der Waals surface area (Å²) in [6, 6.07) is 6.89. The number of piperidine rings is 1. The first kappa shape index (κ1) is 26.9. The van der Waals surface area contributed by atoms with Gasteiger partial charge in [0.25, 0.3) is 5.91 Å². The number of rotatable bonds is 7. The zero-order valence-electron chi connectivity index (χ0n) is 21.0. The monoisotopic (exact) mass is 502 g/mol. The molecular weight excluding hydrogens is 466 g/mol. The number of aliphatic hydroxyl groups is 1. The molecule has 7 N–H and O–H groups in total. The van der Waals surface area contributed by atoms with Gasteiger partial charge in [0.2, 0.25) is 0 Å². The highest BCUT2D eigenvalue weighted by Crippen LogP contribution is 2.55. The van der Waals surface area contributed by atoms with Gasteiger partial charge in [-0.3, -0.25) is 4.79 Å². The Morgan fingerprint density at radius 2 is 1.94 bits per heavy atom. The lowest BCUT2D eigenvalue weighted by Gasteiger charge is -2.63. The highest BCUT2D eigenvalue weighted by molar-refractivity contribution is 6.31. The van der Waals surface area contributed by atoms with Crippen LogP contribution in [-0.2, 0) is 4.79 Å². The number of nitrogens with zero attached hydrogens (tertiary/aromatic N) is 2. The Hall–Kier alpha value is -2.73. The number of ether oxygens (including phenoxy) is 1. The molecule has 1 amide bonds. The van der Waals surface area contributed by atoms with Crippen molar-refractivity contribution in [1.82, 2.24) is 10.2 Å². The van der Waals surface area contributed by atoms with E-state index in [1.807, 2.05) is 33.8 Å². The van der Waals surface area contributed by atoms with Crippen LogP contribution in [0, 0.1) is 28.1 Å². The second kappa shape index (κ2) is 10.5. The summed E-state index contributed by atoms with van der Waals surface area (Å²) < 4.78 is 6.27. The lowest BCUT2D eigenvalue weighted by atomic mass is 9.49. The van der Waals surface area contributed by atoms with Crippen LogP contribution in [0.5, 0.6) is 5.75 Å². The minimum atomic E-state index is -0.371. The van der Waals surface area contributed by atoms with Crippen molar-refractivity contribution in [3.05, 3.63) is 52.5 Å². The first-order valence-corrected chi connectivity index (χ1v) is 12.3. The maximum Gasteiger partial charge on any atom is 0.267 e. The molecule has 1 heterocycles. The van der Waals surface area contributed by atoms with Crippen molar-refractivity contribution >= 4 is 17.5 Å². The van der Waals surface area contributed by atoms with Crippen LogP contribution >= 0.6 is 11.6 Å². The van der Waals surface area contributed by atoms with Gasteiger partial charge in [0.15, 0.2) is 5.82 Å². The molecule has 0 atom stereocenters. The number of aliphatic hydroxyl groups excluding tert-OH is 1. The van der Waals surface area contributed by atoms with E-state index < -0.39 is 0 Å². The Bertz CT molecular complexity index is 1040. The van der Waals surface area contributed by atoms with Gasteiger partial charge in [-0.1, -0.05) is 39.3 Å². The molecule has 2 aliphatic rings. The second-order valence-electron chi connectivity index (χ2n) is 10.7. The molecule has 1 aliphatic carbocycles. The molecule has 1 saturated carbocycles. The number of nitrogens with two attached hydrogens (primary N) is 1. The SMILES string of the molecule is CC1(C)C(NC(=O)/C(N)=C/C=C(\[NH3+])N2CCC(CO)CC2)C(C)(C)C1Oc1ccc(C#N)c(Cl)c1. The van der Waals surface area contributed by atoms with Crippen LogP contribution in [0.1, 0.15) is 46.1 Å². The number of hydrogen-bond acceptors (Lipinski definition) is 6. The van der Waals surface area contributed by atoms with Crippen molar-refractivity contribution in [1.29, 1.82) is 5.26 Å². The number of nitrogens with one attached hydrogen (secondary N) is 1. The third-order valence-corrected chi connectivity index (χ3v) is 7.74. The largest absolute Gasteiger partial charge is 0.489 e. The van der Waals surface area contributed by atoms with E-state index in [0.29, 0.717) is 22.3 Å². The Morgan fingerprint density at radius 1 is 1.31 bits per heavy atom. The van der Waals surface area contributed by atoms with E-state index in [0.717, 1.165) is 31.8 Å². The lowest BCUT2D eigenvalue weighted by molar-refractivity contribution is -0.334. The molecule has 1 aromatic rings. The summed E-state index contributed by atoms with van der Waals surface area (Å²) in [6.45, 7) is 10.1. The standard InChI is InChI=1S/C26H36ClN5O3/c1-25(2)23(26(3,4)24(25)35-18-6-5-17(14-28)19(27)13-18)31-22(34)20(29)7-8-21(30)32-11-9-16(15-33)10-12-32/h5-8,13,16,23-24,33H,9-12,15,29-30H2,1-4H3,(H,31,34)/p+1/b20-7-,21-8+. The fraction of sp³-hybridized carbons (Fsp3) is 0.538. The number of likely N-dealkylation sites (tertiary alicyclic amines) is 1. The molecule has 0 aromatic heterocycles. The molecular formula is C26H37ClN5O3+. The van der Waals surface area contributed by atoms with Crippen molar-refractivity contribution in [2.75, 3.05) is 19.7 Å². The van der Waals surface area contributed by atoms with Gasteiger partial charge in [-0.15, -0.1) is 0 Å². The zero-order valence-corrected chi connectivity index (χ0v) is 21.7. The first-order chi connectivity index (χ1) is 16.4. The average Bonchev–Trinajstić information content (AvgIpc) is 2.83. The summed E-state index contributed by atoms with van der Waals surface area (Å²) in [5, 5.41) is 21.8. The zero-order chi connectivity index (χ0) is 26.0. The third-order valence-electron chi connectivity index (χ3n) is 7.43. The van der Waals surface area contributed by atoms with E-state index in [-0.39, 0.29) is 41.2 Å². The first-order valence-electron chi connectivity index (χ1n) is 11.9. The van der Waals surface area contributed by atoms with Gasteiger partial charge in [-0.2, -0.15) is 5.26 Å². The number of halogens is 1. The van der Waals surface area contributed by atoms with Crippen LogP contribution in [0.25, 0.3) is 0 Å². The molecule has 0 bridgehead atoms. The van der Waals surface area contributed by atoms with Gasteiger partial charge in [-0.25, -0.2) is 0 Å². The Morgan fingerprint density at radius 3 is 2.49 bits per heavy atom. The minimum Gasteiger partial charge on any atom is -0.489 e. The molecule has 0 unspecified atom stereocenters. The molecule has 8 nitrogen and oxygen atoms in total. The van der Waals surface area contributed by atoms with E-state index in [1.54, 1.807) is 30.4 Å². The quantitative estimate of drug-likeness (QED) is 0.332. The molecule has 1 aliphatic heterocycles. The van der Waals surface area contributed by atoms with Crippen molar-refractivity contribution in [2.24, 2.45) is 22.5 Å².